The number of fused-ring (bicyclic) bond motifs is 1. The van der Waals surface area contributed by atoms with E-state index in [0.717, 1.165) is 28.6 Å². The first-order chi connectivity index (χ1) is 10.6. The minimum absolute atomic E-state index is 0.00406. The van der Waals surface area contributed by atoms with Crippen molar-refractivity contribution < 1.29 is 4.74 Å². The van der Waals surface area contributed by atoms with Gasteiger partial charge in [-0.2, -0.15) is 9.61 Å². The molecule has 0 unspecified atom stereocenters. The summed E-state index contributed by atoms with van der Waals surface area (Å²) in [5, 5.41) is 7.83. The summed E-state index contributed by atoms with van der Waals surface area (Å²) >= 11 is 0. The van der Waals surface area contributed by atoms with Gasteiger partial charge in [0.2, 0.25) is 0 Å². The fourth-order valence-electron chi connectivity index (χ4n) is 2.28. The van der Waals surface area contributed by atoms with Crippen molar-refractivity contribution in [3.63, 3.8) is 0 Å². The van der Waals surface area contributed by atoms with Crippen LogP contribution in [0.4, 0.5) is 5.82 Å². The van der Waals surface area contributed by atoms with E-state index in [0.29, 0.717) is 6.54 Å². The van der Waals surface area contributed by atoms with Gasteiger partial charge in [-0.25, -0.2) is 4.98 Å². The number of anilines is 1. The monoisotopic (exact) mass is 297 g/mol. The predicted molar refractivity (Wildman–Crippen MR) is 85.3 cm³/mol. The Morgan fingerprint density at radius 1 is 1.27 bits per heavy atom. The van der Waals surface area contributed by atoms with E-state index in [-0.39, 0.29) is 6.10 Å². The SMILES string of the molecule is Cc1cc(NC[C@@H](C)Oc2cccnc2)n2nc(C)cc2n1. The first kappa shape index (κ1) is 14.3. The van der Waals surface area contributed by atoms with Crippen molar-refractivity contribution >= 4 is 11.5 Å². The van der Waals surface area contributed by atoms with Crippen molar-refractivity contribution in [3.05, 3.63) is 48.0 Å². The van der Waals surface area contributed by atoms with Gasteiger partial charge in [0.05, 0.1) is 18.4 Å². The number of hydrogen-bond donors (Lipinski definition) is 1. The molecule has 3 aromatic rings. The first-order valence-corrected chi connectivity index (χ1v) is 7.26. The molecule has 22 heavy (non-hydrogen) atoms. The first-order valence-electron chi connectivity index (χ1n) is 7.26. The van der Waals surface area contributed by atoms with Gasteiger partial charge in [0.1, 0.15) is 17.7 Å². The zero-order valence-corrected chi connectivity index (χ0v) is 12.9. The van der Waals surface area contributed by atoms with Crippen LogP contribution in [0.25, 0.3) is 5.65 Å². The van der Waals surface area contributed by atoms with E-state index in [1.807, 2.05) is 49.6 Å². The molecule has 0 aliphatic rings. The summed E-state index contributed by atoms with van der Waals surface area (Å²) in [6.45, 7) is 6.61. The molecule has 0 saturated heterocycles. The molecule has 3 heterocycles. The number of aromatic nitrogens is 4. The summed E-state index contributed by atoms with van der Waals surface area (Å²) in [6, 6.07) is 7.71. The van der Waals surface area contributed by atoms with Gasteiger partial charge in [0, 0.05) is 24.0 Å². The standard InChI is InChI=1S/C16H19N5O/c1-11-7-15(21-16(19-11)8-12(2)20-21)18-9-13(3)22-14-5-4-6-17-10-14/h4-8,10,13,18H,9H2,1-3H3/t13-/m1/s1. The third-order valence-corrected chi connectivity index (χ3v) is 3.22. The Labute approximate surface area is 129 Å². The van der Waals surface area contributed by atoms with Crippen LogP contribution in [0.5, 0.6) is 5.75 Å². The fourth-order valence-corrected chi connectivity index (χ4v) is 2.28. The quantitative estimate of drug-likeness (QED) is 0.784. The Balaban J connectivity index is 1.71. The zero-order valence-electron chi connectivity index (χ0n) is 12.9. The Hall–Kier alpha value is -2.63. The van der Waals surface area contributed by atoms with Crippen molar-refractivity contribution in [2.24, 2.45) is 0 Å². The molecule has 0 aliphatic carbocycles. The van der Waals surface area contributed by atoms with Crippen LogP contribution in [-0.2, 0) is 0 Å². The van der Waals surface area contributed by atoms with E-state index in [4.69, 9.17) is 4.74 Å². The van der Waals surface area contributed by atoms with Crippen molar-refractivity contribution in [3.8, 4) is 5.75 Å². The number of ether oxygens (including phenoxy) is 1. The maximum Gasteiger partial charge on any atom is 0.157 e. The molecular formula is C16H19N5O. The molecule has 1 N–H and O–H groups in total. The Morgan fingerprint density at radius 2 is 2.14 bits per heavy atom. The van der Waals surface area contributed by atoms with E-state index < -0.39 is 0 Å². The van der Waals surface area contributed by atoms with Crippen molar-refractivity contribution in [1.82, 2.24) is 19.6 Å². The van der Waals surface area contributed by atoms with Gasteiger partial charge >= 0.3 is 0 Å². The second kappa shape index (κ2) is 6.01. The molecule has 0 aromatic carbocycles. The third kappa shape index (κ3) is 3.16. The number of nitrogens with zero attached hydrogens (tertiary/aromatic N) is 4. The largest absolute Gasteiger partial charge is 0.487 e. The molecule has 114 valence electrons. The summed E-state index contributed by atoms with van der Waals surface area (Å²) in [5.74, 6) is 1.68. The highest BCUT2D eigenvalue weighted by atomic mass is 16.5. The number of aryl methyl sites for hydroxylation is 2. The minimum atomic E-state index is 0.00406. The molecule has 0 saturated carbocycles. The lowest BCUT2D eigenvalue weighted by Gasteiger charge is -2.16. The van der Waals surface area contributed by atoms with Crippen LogP contribution in [0.2, 0.25) is 0 Å². The van der Waals surface area contributed by atoms with Gasteiger partial charge < -0.3 is 10.1 Å². The van der Waals surface area contributed by atoms with Gasteiger partial charge in [0.15, 0.2) is 5.65 Å². The number of hydrogen-bond acceptors (Lipinski definition) is 5. The third-order valence-electron chi connectivity index (χ3n) is 3.22. The predicted octanol–water partition coefficient (Wildman–Crippen LogP) is 2.62. The molecule has 6 nitrogen and oxygen atoms in total. The van der Waals surface area contributed by atoms with Gasteiger partial charge in [-0.05, 0) is 32.9 Å². The molecule has 1 atom stereocenters. The van der Waals surface area contributed by atoms with Crippen LogP contribution in [0.1, 0.15) is 18.3 Å². The highest BCUT2D eigenvalue weighted by Gasteiger charge is 2.09. The second-order valence-electron chi connectivity index (χ2n) is 5.34. The Morgan fingerprint density at radius 3 is 2.91 bits per heavy atom. The fraction of sp³-hybridized carbons (Fsp3) is 0.312. The second-order valence-corrected chi connectivity index (χ2v) is 5.34. The van der Waals surface area contributed by atoms with Gasteiger partial charge in [-0.1, -0.05) is 0 Å². The van der Waals surface area contributed by atoms with Crippen LogP contribution in [0.3, 0.4) is 0 Å². The average molecular weight is 297 g/mol. The maximum atomic E-state index is 5.81. The molecule has 0 aliphatic heterocycles. The smallest absolute Gasteiger partial charge is 0.157 e. The van der Waals surface area contributed by atoms with Gasteiger partial charge in [-0.3, -0.25) is 4.98 Å². The minimum Gasteiger partial charge on any atom is -0.487 e. The molecule has 0 radical (unpaired) electrons. The lowest BCUT2D eigenvalue weighted by atomic mass is 10.3. The van der Waals surface area contributed by atoms with Gasteiger partial charge in [-0.15, -0.1) is 0 Å². The summed E-state index contributed by atoms with van der Waals surface area (Å²) in [7, 11) is 0. The normalized spacial score (nSPS) is 12.3. The molecule has 0 fully saturated rings. The summed E-state index contributed by atoms with van der Waals surface area (Å²) < 4.78 is 7.63. The zero-order chi connectivity index (χ0) is 15.5. The van der Waals surface area contributed by atoms with E-state index in [2.05, 4.69) is 20.4 Å². The van der Waals surface area contributed by atoms with Crippen molar-refractivity contribution in [2.45, 2.75) is 26.9 Å². The van der Waals surface area contributed by atoms with Crippen LogP contribution in [0.15, 0.2) is 36.7 Å². The van der Waals surface area contributed by atoms with E-state index in [1.165, 1.54) is 0 Å². The van der Waals surface area contributed by atoms with E-state index in [1.54, 1.807) is 12.4 Å². The summed E-state index contributed by atoms with van der Waals surface area (Å²) in [6.07, 6.45) is 3.44. The Bertz CT molecular complexity index is 769. The summed E-state index contributed by atoms with van der Waals surface area (Å²) in [5.41, 5.74) is 2.75. The van der Waals surface area contributed by atoms with E-state index in [9.17, 15) is 0 Å². The average Bonchev–Trinajstić information content (AvgIpc) is 2.86. The number of pyridine rings is 1. The highest BCUT2D eigenvalue weighted by molar-refractivity contribution is 5.50. The summed E-state index contributed by atoms with van der Waals surface area (Å²) in [4.78, 5) is 8.52. The lowest BCUT2D eigenvalue weighted by Crippen LogP contribution is -2.23. The molecular weight excluding hydrogens is 278 g/mol. The molecule has 0 bridgehead atoms. The molecule has 0 amide bonds. The van der Waals surface area contributed by atoms with Crippen LogP contribution in [-0.4, -0.2) is 32.2 Å². The topological polar surface area (TPSA) is 64.3 Å². The highest BCUT2D eigenvalue weighted by Crippen LogP contribution is 2.14. The molecule has 6 heteroatoms. The van der Waals surface area contributed by atoms with Crippen LogP contribution < -0.4 is 10.1 Å². The molecule has 3 rings (SSSR count). The number of rotatable bonds is 5. The van der Waals surface area contributed by atoms with Gasteiger partial charge in [0.25, 0.3) is 0 Å². The van der Waals surface area contributed by atoms with Crippen molar-refractivity contribution in [1.29, 1.82) is 0 Å². The maximum absolute atomic E-state index is 5.81. The number of nitrogens with one attached hydrogen (secondary N) is 1. The van der Waals surface area contributed by atoms with Crippen LogP contribution >= 0.6 is 0 Å². The Kier molecular flexibility index (Phi) is 3.91. The van der Waals surface area contributed by atoms with Crippen LogP contribution in [0, 0.1) is 13.8 Å². The van der Waals surface area contributed by atoms with Crippen molar-refractivity contribution in [2.75, 3.05) is 11.9 Å². The van der Waals surface area contributed by atoms with E-state index >= 15 is 0 Å². The lowest BCUT2D eigenvalue weighted by molar-refractivity contribution is 0.233. The molecule has 3 aromatic heterocycles. The molecule has 0 spiro atoms.